The van der Waals surface area contributed by atoms with Crippen LogP contribution in [-0.4, -0.2) is 36.1 Å². The predicted molar refractivity (Wildman–Crippen MR) is 80.3 cm³/mol. The summed E-state index contributed by atoms with van der Waals surface area (Å²) in [7, 11) is 0. The van der Waals surface area contributed by atoms with Crippen molar-refractivity contribution >= 4 is 21.7 Å². The number of nitrogens with one attached hydrogen (secondary N) is 1. The molecule has 0 atom stereocenters. The molecule has 2 aromatic rings. The van der Waals surface area contributed by atoms with Gasteiger partial charge in [-0.25, -0.2) is 4.98 Å². The molecule has 0 amide bonds. The van der Waals surface area contributed by atoms with Crippen molar-refractivity contribution in [3.63, 3.8) is 0 Å². The lowest BCUT2D eigenvalue weighted by Crippen LogP contribution is -2.43. The van der Waals surface area contributed by atoms with Crippen LogP contribution in [0, 0.1) is 0 Å². The highest BCUT2D eigenvalue weighted by atomic mass is 79.9. The smallest absolute Gasteiger partial charge is 0.130 e. The normalized spacial score (nSPS) is 15.5. The van der Waals surface area contributed by atoms with Crippen molar-refractivity contribution in [1.29, 1.82) is 0 Å². The zero-order valence-corrected chi connectivity index (χ0v) is 12.1. The summed E-state index contributed by atoms with van der Waals surface area (Å²) < 4.78 is 1.06. The van der Waals surface area contributed by atoms with E-state index in [0.717, 1.165) is 47.7 Å². The van der Waals surface area contributed by atoms with Crippen LogP contribution in [0.3, 0.4) is 0 Å². The van der Waals surface area contributed by atoms with Crippen molar-refractivity contribution in [2.45, 2.75) is 0 Å². The van der Waals surface area contributed by atoms with Crippen molar-refractivity contribution in [3.8, 4) is 11.3 Å². The summed E-state index contributed by atoms with van der Waals surface area (Å²) in [6.07, 6.45) is 3.59. The molecule has 0 aliphatic carbocycles. The van der Waals surface area contributed by atoms with Gasteiger partial charge in [0.2, 0.25) is 0 Å². The molecule has 1 aliphatic rings. The quantitative estimate of drug-likeness (QED) is 0.922. The van der Waals surface area contributed by atoms with Crippen LogP contribution < -0.4 is 10.2 Å². The van der Waals surface area contributed by atoms with Crippen LogP contribution in [0.4, 0.5) is 5.82 Å². The molecule has 98 valence electrons. The summed E-state index contributed by atoms with van der Waals surface area (Å²) in [5.74, 6) is 1.03. The van der Waals surface area contributed by atoms with Gasteiger partial charge in [-0.15, -0.1) is 0 Å². The van der Waals surface area contributed by atoms with E-state index in [1.54, 1.807) is 12.4 Å². The van der Waals surface area contributed by atoms with Gasteiger partial charge >= 0.3 is 0 Å². The molecule has 1 aliphatic heterocycles. The molecule has 0 radical (unpaired) electrons. The number of hydrogen-bond donors (Lipinski definition) is 1. The average Bonchev–Trinajstić information content (AvgIpc) is 2.48. The number of nitrogens with zero attached hydrogens (tertiary/aromatic N) is 3. The maximum atomic E-state index is 4.77. The highest BCUT2D eigenvalue weighted by molar-refractivity contribution is 9.10. The summed E-state index contributed by atoms with van der Waals surface area (Å²) in [6, 6.07) is 8.09. The first-order chi connectivity index (χ1) is 9.33. The Bertz CT molecular complexity index is 553. The van der Waals surface area contributed by atoms with Crippen molar-refractivity contribution in [3.05, 3.63) is 41.1 Å². The van der Waals surface area contributed by atoms with Crippen LogP contribution in [0.1, 0.15) is 0 Å². The molecule has 0 unspecified atom stereocenters. The summed E-state index contributed by atoms with van der Waals surface area (Å²) in [6.45, 7) is 4.02. The topological polar surface area (TPSA) is 41.1 Å². The van der Waals surface area contributed by atoms with Crippen LogP contribution in [0.5, 0.6) is 0 Å². The molecule has 1 fully saturated rings. The average molecular weight is 319 g/mol. The van der Waals surface area contributed by atoms with E-state index in [4.69, 9.17) is 4.98 Å². The van der Waals surface area contributed by atoms with Crippen molar-refractivity contribution in [2.75, 3.05) is 31.1 Å². The van der Waals surface area contributed by atoms with E-state index in [1.807, 2.05) is 18.2 Å². The SMILES string of the molecule is Brc1cc(-c2ccncc2)nc(N2CCNCC2)c1. The third-order valence-electron chi connectivity index (χ3n) is 3.19. The lowest BCUT2D eigenvalue weighted by Gasteiger charge is -2.28. The number of rotatable bonds is 2. The van der Waals surface area contributed by atoms with E-state index in [-0.39, 0.29) is 0 Å². The first-order valence-corrected chi connectivity index (χ1v) is 7.16. The fourth-order valence-corrected chi connectivity index (χ4v) is 2.63. The molecule has 19 heavy (non-hydrogen) atoms. The molecule has 0 saturated carbocycles. The van der Waals surface area contributed by atoms with Gasteiger partial charge in [-0.2, -0.15) is 0 Å². The summed E-state index contributed by atoms with van der Waals surface area (Å²) in [5, 5.41) is 3.36. The van der Waals surface area contributed by atoms with Gasteiger partial charge in [0.1, 0.15) is 5.82 Å². The van der Waals surface area contributed by atoms with E-state index in [2.05, 4.69) is 37.2 Å². The van der Waals surface area contributed by atoms with E-state index in [1.165, 1.54) is 0 Å². The van der Waals surface area contributed by atoms with Gasteiger partial charge < -0.3 is 10.2 Å². The monoisotopic (exact) mass is 318 g/mol. The van der Waals surface area contributed by atoms with Gasteiger partial charge in [-0.05, 0) is 24.3 Å². The number of hydrogen-bond acceptors (Lipinski definition) is 4. The number of piperazine rings is 1. The molecule has 1 saturated heterocycles. The summed E-state index contributed by atoms with van der Waals surface area (Å²) in [4.78, 5) is 11.1. The van der Waals surface area contributed by atoms with Crippen molar-refractivity contribution < 1.29 is 0 Å². The minimum absolute atomic E-state index is 0.977. The van der Waals surface area contributed by atoms with E-state index in [9.17, 15) is 0 Å². The standard InChI is InChI=1S/C14H15BrN4/c15-12-9-13(11-1-3-16-4-2-11)18-14(10-12)19-7-5-17-6-8-19/h1-4,9-10,17H,5-8H2. The van der Waals surface area contributed by atoms with E-state index < -0.39 is 0 Å². The van der Waals surface area contributed by atoms with Gasteiger partial charge in [0.05, 0.1) is 5.69 Å². The molecule has 0 spiro atoms. The maximum absolute atomic E-state index is 4.77. The number of anilines is 1. The highest BCUT2D eigenvalue weighted by Gasteiger charge is 2.13. The Labute approximate surface area is 121 Å². The molecule has 0 aromatic carbocycles. The molecule has 4 nitrogen and oxygen atoms in total. The lowest BCUT2D eigenvalue weighted by atomic mass is 10.2. The van der Waals surface area contributed by atoms with Crippen LogP contribution in [-0.2, 0) is 0 Å². The number of aromatic nitrogens is 2. The molecule has 3 rings (SSSR count). The third-order valence-corrected chi connectivity index (χ3v) is 3.65. The minimum Gasteiger partial charge on any atom is -0.354 e. The van der Waals surface area contributed by atoms with Crippen molar-refractivity contribution in [2.24, 2.45) is 0 Å². The molecule has 0 bridgehead atoms. The fraction of sp³-hybridized carbons (Fsp3) is 0.286. The van der Waals surface area contributed by atoms with Crippen LogP contribution in [0.25, 0.3) is 11.3 Å². The minimum atomic E-state index is 0.977. The van der Waals surface area contributed by atoms with Gasteiger partial charge in [0.15, 0.2) is 0 Å². The summed E-state index contributed by atoms with van der Waals surface area (Å²) >= 11 is 3.58. The molecular formula is C14H15BrN4. The number of halogens is 1. The van der Waals surface area contributed by atoms with E-state index in [0.29, 0.717) is 0 Å². The van der Waals surface area contributed by atoms with E-state index >= 15 is 0 Å². The second-order valence-corrected chi connectivity index (χ2v) is 5.42. The Balaban J connectivity index is 1.96. The Kier molecular flexibility index (Phi) is 3.75. The molecule has 2 aromatic heterocycles. The Morgan fingerprint density at radius 1 is 1.11 bits per heavy atom. The Hall–Kier alpha value is -1.46. The fourth-order valence-electron chi connectivity index (χ4n) is 2.21. The highest BCUT2D eigenvalue weighted by Crippen LogP contribution is 2.25. The first-order valence-electron chi connectivity index (χ1n) is 6.36. The molecule has 1 N–H and O–H groups in total. The predicted octanol–water partition coefficient (Wildman–Crippen LogP) is 2.32. The molecule has 3 heterocycles. The Morgan fingerprint density at radius 3 is 2.58 bits per heavy atom. The largest absolute Gasteiger partial charge is 0.354 e. The van der Waals surface area contributed by atoms with Crippen LogP contribution >= 0.6 is 15.9 Å². The van der Waals surface area contributed by atoms with Crippen LogP contribution in [0.2, 0.25) is 0 Å². The molecular weight excluding hydrogens is 304 g/mol. The Morgan fingerprint density at radius 2 is 1.84 bits per heavy atom. The third kappa shape index (κ3) is 2.93. The van der Waals surface area contributed by atoms with Gasteiger partial charge in [0.25, 0.3) is 0 Å². The summed E-state index contributed by atoms with van der Waals surface area (Å²) in [5.41, 5.74) is 2.07. The van der Waals surface area contributed by atoms with Crippen LogP contribution in [0.15, 0.2) is 41.1 Å². The molecule has 5 heteroatoms. The van der Waals surface area contributed by atoms with Gasteiger partial charge in [0, 0.05) is 48.6 Å². The van der Waals surface area contributed by atoms with Gasteiger partial charge in [-0.3, -0.25) is 4.98 Å². The zero-order valence-electron chi connectivity index (χ0n) is 10.5. The second-order valence-electron chi connectivity index (χ2n) is 4.50. The number of pyridine rings is 2. The van der Waals surface area contributed by atoms with Gasteiger partial charge in [-0.1, -0.05) is 15.9 Å². The first kappa shape index (κ1) is 12.6. The van der Waals surface area contributed by atoms with Crippen molar-refractivity contribution in [1.82, 2.24) is 15.3 Å². The second kappa shape index (κ2) is 5.67. The lowest BCUT2D eigenvalue weighted by molar-refractivity contribution is 0.585. The zero-order chi connectivity index (χ0) is 13.1. The maximum Gasteiger partial charge on any atom is 0.130 e.